The number of rotatable bonds is 14. The number of anilines is 1. The predicted octanol–water partition coefficient (Wildman–Crippen LogP) is -0.574. The van der Waals surface area contributed by atoms with E-state index >= 15 is 0 Å². The average Bonchev–Trinajstić information content (AvgIpc) is 3.55. The summed E-state index contributed by atoms with van der Waals surface area (Å²) in [5.74, 6) is -5.34. The number of aromatic nitrogens is 1. The van der Waals surface area contributed by atoms with Gasteiger partial charge in [0, 0.05) is 41.4 Å². The Balaban J connectivity index is 1.27. The Morgan fingerprint density at radius 3 is 2.60 bits per heavy atom. The lowest BCUT2D eigenvalue weighted by Gasteiger charge is -2.49. The number of allylic oxidation sites excluding steroid dienone is 4. The molecule has 11 N–H and O–H groups in total. The third-order valence-electron chi connectivity index (χ3n) is 7.77. The number of benzene rings is 1. The van der Waals surface area contributed by atoms with Crippen molar-refractivity contribution in [2.75, 3.05) is 31.1 Å². The molecule has 4 heterocycles. The summed E-state index contributed by atoms with van der Waals surface area (Å²) >= 11 is 2.23. The number of carbonyl (C=O) groups excluding carboxylic acids is 3. The van der Waals surface area contributed by atoms with Crippen LogP contribution in [0.15, 0.2) is 75.8 Å². The van der Waals surface area contributed by atoms with Crippen LogP contribution in [0, 0.1) is 0 Å². The van der Waals surface area contributed by atoms with Gasteiger partial charge in [-0.1, -0.05) is 11.2 Å². The molecule has 0 saturated carbocycles. The van der Waals surface area contributed by atoms with Gasteiger partial charge in [-0.15, -0.1) is 23.1 Å². The van der Waals surface area contributed by atoms with Gasteiger partial charge in [0.05, 0.1) is 5.70 Å². The first-order valence-electron chi connectivity index (χ1n) is 15.6. The molecule has 3 aliphatic rings. The number of β-lactam (4-membered cyclic amide) rings is 1. The van der Waals surface area contributed by atoms with E-state index in [2.05, 4.69) is 26.1 Å². The number of aromatic hydroxyl groups is 2. The molecule has 0 aliphatic carbocycles. The molecular weight excluding hydrogens is 735 g/mol. The molecule has 0 bridgehead atoms. The van der Waals surface area contributed by atoms with Gasteiger partial charge in [0.25, 0.3) is 17.7 Å². The van der Waals surface area contributed by atoms with Crippen molar-refractivity contribution in [3.8, 4) is 11.5 Å². The van der Waals surface area contributed by atoms with Crippen LogP contribution < -0.4 is 27.4 Å². The number of aliphatic carboxylic acids is 2. The van der Waals surface area contributed by atoms with Gasteiger partial charge in [-0.25, -0.2) is 14.6 Å². The number of oxime groups is 1. The van der Waals surface area contributed by atoms with Crippen LogP contribution in [0.4, 0.5) is 5.13 Å². The van der Waals surface area contributed by atoms with Crippen molar-refractivity contribution in [2.45, 2.75) is 24.4 Å². The number of nitrogens with zero attached hydrogens (tertiary/aromatic N) is 4. The summed E-state index contributed by atoms with van der Waals surface area (Å²) < 4.78 is 1.68. The zero-order chi connectivity index (χ0) is 38.4. The Morgan fingerprint density at radius 1 is 1.15 bits per heavy atom. The van der Waals surface area contributed by atoms with Crippen LogP contribution in [0.3, 0.4) is 0 Å². The van der Waals surface area contributed by atoms with Crippen LogP contribution >= 0.6 is 23.1 Å². The molecule has 1 fully saturated rings. The first-order chi connectivity index (χ1) is 25.2. The number of phenols is 2. The molecule has 5 rings (SSSR count). The van der Waals surface area contributed by atoms with E-state index in [-0.39, 0.29) is 53.2 Å². The number of fused-ring (bicyclic) bond motifs is 1. The Morgan fingerprint density at radius 2 is 1.92 bits per heavy atom. The van der Waals surface area contributed by atoms with Crippen LogP contribution in [0.5, 0.6) is 11.5 Å². The molecule has 278 valence electrons. The van der Waals surface area contributed by atoms with Crippen LogP contribution in [-0.2, 0) is 24.0 Å². The van der Waals surface area contributed by atoms with Crippen LogP contribution in [0.1, 0.15) is 23.0 Å². The lowest BCUT2D eigenvalue weighted by molar-refractivity contribution is -0.442. The van der Waals surface area contributed by atoms with Crippen molar-refractivity contribution in [2.24, 2.45) is 10.9 Å². The number of hydrogen-bond acceptors (Lipinski definition) is 15. The van der Waals surface area contributed by atoms with Gasteiger partial charge < -0.3 is 52.7 Å². The summed E-state index contributed by atoms with van der Waals surface area (Å²) in [6, 6.07) is 2.56. The van der Waals surface area contributed by atoms with E-state index in [1.807, 2.05) is 0 Å². The van der Waals surface area contributed by atoms with Crippen LogP contribution in [-0.4, -0.2) is 119 Å². The number of nitrogens with two attached hydrogens (primary N) is 2. The second kappa shape index (κ2) is 16.3. The van der Waals surface area contributed by atoms with Gasteiger partial charge in [0.1, 0.15) is 28.5 Å². The maximum atomic E-state index is 13.4. The molecule has 3 amide bonds. The number of thiazole rings is 1. The van der Waals surface area contributed by atoms with Gasteiger partial charge in [0.15, 0.2) is 41.3 Å². The average molecular weight is 769 g/mol. The largest absolute Gasteiger partial charge is 0.504 e. The molecule has 1 saturated heterocycles. The van der Waals surface area contributed by atoms with E-state index in [4.69, 9.17) is 21.4 Å². The molecule has 2 aromatic rings. The molecule has 1 aromatic carbocycles. The highest BCUT2D eigenvalue weighted by Crippen LogP contribution is 2.40. The van der Waals surface area contributed by atoms with Gasteiger partial charge in [0.2, 0.25) is 6.10 Å². The summed E-state index contributed by atoms with van der Waals surface area (Å²) in [5, 5.41) is 51.3. The SMILES string of the molecule is C[C@H](O/N=C(\C(=O)N[C@@H]1C(=O)N2C(C(=O)O)=C(C[N+]3=C/C(NCCNC(=O)c4ccc(O)c(O)c4)=C(N)\C=C\C=C3)CSC12)c1csc(N)n1)C(=O)O. The molecule has 1 unspecified atom stereocenters. The monoisotopic (exact) mass is 768 g/mol. The van der Waals surface area contributed by atoms with Crippen molar-refractivity contribution in [3.63, 3.8) is 0 Å². The summed E-state index contributed by atoms with van der Waals surface area (Å²) in [6.45, 7) is 1.65. The number of thioether (sulfide) groups is 1. The topological polar surface area (TPSA) is 295 Å². The number of phenolic OH excluding ortho intramolecular Hbond substituents is 2. The smallest absolute Gasteiger partial charge is 0.352 e. The highest BCUT2D eigenvalue weighted by Gasteiger charge is 2.55. The minimum absolute atomic E-state index is 0.00755. The predicted molar refractivity (Wildman–Crippen MR) is 192 cm³/mol. The van der Waals surface area contributed by atoms with Crippen molar-refractivity contribution in [1.82, 2.24) is 25.8 Å². The van der Waals surface area contributed by atoms with Gasteiger partial charge in [-0.3, -0.25) is 19.3 Å². The van der Waals surface area contributed by atoms with Gasteiger partial charge in [-0.05, 0) is 31.2 Å². The minimum atomic E-state index is -1.40. The highest BCUT2D eigenvalue weighted by molar-refractivity contribution is 8.00. The molecular formula is C32H34N9O10S2+. The lowest BCUT2D eigenvalue weighted by Crippen LogP contribution is -2.71. The Hall–Kier alpha value is -6.35. The number of carboxylic acid groups (broad SMARTS) is 2. The number of nitrogen functional groups attached to an aromatic ring is 1. The van der Waals surface area contributed by atoms with Crippen LogP contribution in [0.25, 0.3) is 0 Å². The first-order valence-corrected chi connectivity index (χ1v) is 17.6. The molecule has 21 heteroatoms. The highest BCUT2D eigenvalue weighted by atomic mass is 32.2. The normalized spacial score (nSPS) is 20.9. The number of nitrogens with one attached hydrogen (secondary N) is 3. The van der Waals surface area contributed by atoms with E-state index in [1.165, 1.54) is 36.2 Å². The summed E-state index contributed by atoms with van der Waals surface area (Å²) in [7, 11) is 0. The third-order valence-corrected chi connectivity index (χ3v) is 9.79. The van der Waals surface area contributed by atoms with Crippen molar-refractivity contribution in [3.05, 3.63) is 81.9 Å². The van der Waals surface area contributed by atoms with Gasteiger partial charge in [-0.2, -0.15) is 4.58 Å². The molecule has 3 aliphatic heterocycles. The molecule has 1 aromatic heterocycles. The second-order valence-corrected chi connectivity index (χ2v) is 13.5. The summed E-state index contributed by atoms with van der Waals surface area (Å²) in [6.07, 6.45) is 6.97. The fourth-order valence-corrected chi connectivity index (χ4v) is 6.97. The zero-order valence-electron chi connectivity index (χ0n) is 27.8. The minimum Gasteiger partial charge on any atom is -0.504 e. The van der Waals surface area contributed by atoms with Crippen molar-refractivity contribution < 1.29 is 53.8 Å². The fourth-order valence-electron chi connectivity index (χ4n) is 5.09. The zero-order valence-corrected chi connectivity index (χ0v) is 29.4. The van der Waals surface area contributed by atoms with Crippen molar-refractivity contribution in [1.29, 1.82) is 0 Å². The Kier molecular flexibility index (Phi) is 11.7. The van der Waals surface area contributed by atoms with E-state index in [1.54, 1.807) is 35.2 Å². The maximum absolute atomic E-state index is 13.4. The van der Waals surface area contributed by atoms with Crippen molar-refractivity contribution >= 4 is 69.8 Å². The molecule has 0 spiro atoms. The third kappa shape index (κ3) is 8.76. The maximum Gasteiger partial charge on any atom is 0.352 e. The Labute approximate surface area is 308 Å². The Bertz CT molecular complexity index is 2040. The number of carbonyl (C=O) groups is 5. The lowest BCUT2D eigenvalue weighted by atomic mass is 10.0. The summed E-state index contributed by atoms with van der Waals surface area (Å²) in [4.78, 5) is 73.0. The molecule has 53 heavy (non-hydrogen) atoms. The van der Waals surface area contributed by atoms with E-state index in [0.29, 0.717) is 17.0 Å². The van der Waals surface area contributed by atoms with E-state index in [9.17, 15) is 39.3 Å². The fraction of sp³-hybridized carbons (Fsp3) is 0.250. The van der Waals surface area contributed by atoms with Gasteiger partial charge >= 0.3 is 11.9 Å². The van der Waals surface area contributed by atoms with Crippen LogP contribution in [0.2, 0.25) is 0 Å². The molecule has 3 atom stereocenters. The molecule has 0 radical (unpaired) electrons. The number of carboxylic acids is 2. The second-order valence-electron chi connectivity index (χ2n) is 11.5. The first kappa shape index (κ1) is 37.9. The quantitative estimate of drug-likeness (QED) is 0.0290. The molecule has 19 nitrogen and oxygen atoms in total. The van der Waals surface area contributed by atoms with E-state index in [0.717, 1.165) is 22.3 Å². The van der Waals surface area contributed by atoms with E-state index < -0.39 is 58.6 Å². The standard InChI is InChI=1S/C32H33N9O10S2/c1-15(30(47)48)51-39-23(20-14-53-32(34)37-20)27(45)38-24-28(46)41-25(31(49)50)17(13-52-29(24)41)11-40-9-3-2-4-18(33)19(12-40)35-7-8-36-26(44)16-5-6-21(42)22(43)10-16/h2-6,9-10,12,14-15,24,29,33,35H,7-8,11,13H2,1H3,(H8,34,36,37,38,39,42,43,44,45,47,48,49,50)/p+1/b4-2+,9-3?,19-12?/t15-,24+,29?/m0/s1. The number of hydrogen-bond donors (Lipinski definition) is 9. The summed E-state index contributed by atoms with van der Waals surface area (Å²) in [5.41, 5.74) is 12.7. The number of amides is 3.